The number of sulfonamides is 1. The van der Waals surface area contributed by atoms with Crippen molar-refractivity contribution in [3.63, 3.8) is 0 Å². The molecule has 108 valence electrons. The predicted molar refractivity (Wildman–Crippen MR) is 78.4 cm³/mol. The van der Waals surface area contributed by atoms with Crippen molar-refractivity contribution in [2.45, 2.75) is 51.6 Å². The highest BCUT2D eigenvalue weighted by Crippen LogP contribution is 2.23. The molecule has 1 unspecified atom stereocenters. The van der Waals surface area contributed by atoms with E-state index in [1.54, 1.807) is 16.4 Å². The van der Waals surface area contributed by atoms with E-state index in [-0.39, 0.29) is 6.04 Å². The minimum Gasteiger partial charge on any atom is -0.326 e. The lowest BCUT2D eigenvalue weighted by Gasteiger charge is -2.27. The van der Waals surface area contributed by atoms with Gasteiger partial charge in [-0.2, -0.15) is 4.31 Å². The highest BCUT2D eigenvalue weighted by Gasteiger charge is 2.27. The molecule has 1 aromatic carbocycles. The van der Waals surface area contributed by atoms with Crippen LogP contribution in [0.25, 0.3) is 0 Å². The fraction of sp³-hybridized carbons (Fsp3) is 0.571. The number of hydrogen-bond donors (Lipinski definition) is 1. The summed E-state index contributed by atoms with van der Waals surface area (Å²) in [4.78, 5) is 0.381. The van der Waals surface area contributed by atoms with Crippen molar-refractivity contribution in [2.75, 3.05) is 6.54 Å². The smallest absolute Gasteiger partial charge is 0.243 e. The summed E-state index contributed by atoms with van der Waals surface area (Å²) in [5, 5.41) is 0. The van der Waals surface area contributed by atoms with Crippen molar-refractivity contribution in [2.24, 2.45) is 5.73 Å². The molecule has 1 atom stereocenters. The highest BCUT2D eigenvalue weighted by atomic mass is 32.2. The lowest BCUT2D eigenvalue weighted by Crippen LogP contribution is -2.38. The van der Waals surface area contributed by atoms with Crippen molar-refractivity contribution in [1.82, 2.24) is 4.31 Å². The molecule has 1 aromatic rings. The standard InChI is InChI=1S/C14H24N2O2S/c1-5-12(4)16(6-2)19(17,18)14-8-7-13(10-15)9-11(14)3/h7-9,12H,5-6,10,15H2,1-4H3. The average Bonchev–Trinajstić information content (AvgIpc) is 2.38. The van der Waals surface area contributed by atoms with Crippen LogP contribution in [0.4, 0.5) is 0 Å². The van der Waals surface area contributed by atoms with E-state index < -0.39 is 10.0 Å². The van der Waals surface area contributed by atoms with Crippen LogP contribution < -0.4 is 5.73 Å². The van der Waals surface area contributed by atoms with E-state index in [4.69, 9.17) is 5.73 Å². The van der Waals surface area contributed by atoms with E-state index in [2.05, 4.69) is 0 Å². The van der Waals surface area contributed by atoms with Crippen molar-refractivity contribution in [3.05, 3.63) is 29.3 Å². The van der Waals surface area contributed by atoms with Crippen molar-refractivity contribution in [3.8, 4) is 0 Å². The van der Waals surface area contributed by atoms with Crippen LogP contribution in [-0.2, 0) is 16.6 Å². The van der Waals surface area contributed by atoms with Crippen LogP contribution in [0.2, 0.25) is 0 Å². The molecule has 5 heteroatoms. The summed E-state index contributed by atoms with van der Waals surface area (Å²) in [5.74, 6) is 0. The van der Waals surface area contributed by atoms with Crippen LogP contribution in [0.15, 0.2) is 23.1 Å². The molecule has 0 aliphatic carbocycles. The van der Waals surface area contributed by atoms with Crippen LogP contribution in [0.5, 0.6) is 0 Å². The zero-order chi connectivity index (χ0) is 14.6. The summed E-state index contributed by atoms with van der Waals surface area (Å²) >= 11 is 0. The fourth-order valence-corrected chi connectivity index (χ4v) is 4.10. The molecule has 0 heterocycles. The third-order valence-corrected chi connectivity index (χ3v) is 5.71. The maximum Gasteiger partial charge on any atom is 0.243 e. The van der Waals surface area contributed by atoms with Gasteiger partial charge in [0.05, 0.1) is 4.90 Å². The second-order valence-corrected chi connectivity index (χ2v) is 6.63. The molecule has 0 aliphatic rings. The van der Waals surface area contributed by atoms with Crippen LogP contribution in [0.1, 0.15) is 38.3 Å². The molecule has 0 bridgehead atoms. The average molecular weight is 284 g/mol. The van der Waals surface area contributed by atoms with Gasteiger partial charge in [-0.05, 0) is 37.5 Å². The zero-order valence-electron chi connectivity index (χ0n) is 12.2. The summed E-state index contributed by atoms with van der Waals surface area (Å²) in [5.41, 5.74) is 7.28. The summed E-state index contributed by atoms with van der Waals surface area (Å²) in [6, 6.07) is 5.29. The topological polar surface area (TPSA) is 63.4 Å². The van der Waals surface area contributed by atoms with E-state index in [0.717, 1.165) is 17.5 Å². The normalized spacial score (nSPS) is 13.8. The summed E-state index contributed by atoms with van der Waals surface area (Å²) in [6.07, 6.45) is 0.799. The molecule has 19 heavy (non-hydrogen) atoms. The first kappa shape index (κ1) is 16.1. The third kappa shape index (κ3) is 3.35. The maximum atomic E-state index is 12.7. The Balaban J connectivity index is 3.26. The molecule has 0 saturated heterocycles. The number of nitrogens with zero attached hydrogens (tertiary/aromatic N) is 1. The van der Waals surface area contributed by atoms with Gasteiger partial charge in [0.2, 0.25) is 10.0 Å². The largest absolute Gasteiger partial charge is 0.326 e. The first-order chi connectivity index (χ1) is 8.88. The van der Waals surface area contributed by atoms with Gasteiger partial charge in [-0.1, -0.05) is 26.0 Å². The Bertz CT molecular complexity index is 526. The number of rotatable bonds is 6. The number of nitrogens with two attached hydrogens (primary N) is 1. The quantitative estimate of drug-likeness (QED) is 0.871. The van der Waals surface area contributed by atoms with Crippen LogP contribution >= 0.6 is 0 Å². The molecule has 4 nitrogen and oxygen atoms in total. The molecule has 0 radical (unpaired) electrons. The molecule has 1 rings (SSSR count). The van der Waals surface area contributed by atoms with Crippen LogP contribution in [0, 0.1) is 6.92 Å². The minimum absolute atomic E-state index is 0.00332. The third-order valence-electron chi connectivity index (χ3n) is 3.46. The van der Waals surface area contributed by atoms with E-state index >= 15 is 0 Å². The Morgan fingerprint density at radius 2 is 1.95 bits per heavy atom. The molecular formula is C14H24N2O2S. The van der Waals surface area contributed by atoms with E-state index in [1.165, 1.54) is 0 Å². The van der Waals surface area contributed by atoms with Gasteiger partial charge in [-0.3, -0.25) is 0 Å². The molecule has 0 aliphatic heterocycles. The summed E-state index contributed by atoms with van der Waals surface area (Å²) < 4.78 is 26.9. The number of hydrogen-bond acceptors (Lipinski definition) is 3. The zero-order valence-corrected chi connectivity index (χ0v) is 13.0. The molecule has 0 aromatic heterocycles. The van der Waals surface area contributed by atoms with Gasteiger partial charge in [-0.15, -0.1) is 0 Å². The number of aryl methyl sites for hydroxylation is 1. The van der Waals surface area contributed by atoms with E-state index in [1.807, 2.05) is 33.8 Å². The van der Waals surface area contributed by atoms with Gasteiger partial charge in [0.15, 0.2) is 0 Å². The van der Waals surface area contributed by atoms with Gasteiger partial charge >= 0.3 is 0 Å². The molecular weight excluding hydrogens is 260 g/mol. The number of benzene rings is 1. The van der Waals surface area contributed by atoms with Gasteiger partial charge in [-0.25, -0.2) is 8.42 Å². The van der Waals surface area contributed by atoms with Crippen LogP contribution in [0.3, 0.4) is 0 Å². The van der Waals surface area contributed by atoms with Crippen molar-refractivity contribution >= 4 is 10.0 Å². The lowest BCUT2D eigenvalue weighted by atomic mass is 10.1. The molecule has 0 spiro atoms. The predicted octanol–water partition coefficient (Wildman–Crippen LogP) is 2.26. The van der Waals surface area contributed by atoms with Gasteiger partial charge in [0, 0.05) is 19.1 Å². The first-order valence-electron chi connectivity index (χ1n) is 6.69. The Hall–Kier alpha value is -0.910. The first-order valence-corrected chi connectivity index (χ1v) is 8.13. The molecule has 0 amide bonds. The van der Waals surface area contributed by atoms with Crippen LogP contribution in [-0.4, -0.2) is 25.3 Å². The minimum atomic E-state index is -3.43. The van der Waals surface area contributed by atoms with E-state index in [0.29, 0.717) is 18.0 Å². The Morgan fingerprint density at radius 3 is 2.37 bits per heavy atom. The van der Waals surface area contributed by atoms with Gasteiger partial charge in [0.25, 0.3) is 0 Å². The monoisotopic (exact) mass is 284 g/mol. The Kier molecular flexibility index (Phi) is 5.52. The molecule has 0 fully saturated rings. The second kappa shape index (κ2) is 6.50. The fourth-order valence-electron chi connectivity index (χ4n) is 2.18. The molecule has 2 N–H and O–H groups in total. The Labute approximate surface area is 116 Å². The second-order valence-electron chi connectivity index (χ2n) is 4.77. The summed E-state index contributed by atoms with van der Waals surface area (Å²) in [7, 11) is -3.43. The maximum absolute atomic E-state index is 12.7. The highest BCUT2D eigenvalue weighted by molar-refractivity contribution is 7.89. The molecule has 0 saturated carbocycles. The van der Waals surface area contributed by atoms with Gasteiger partial charge in [0.1, 0.15) is 0 Å². The Morgan fingerprint density at radius 1 is 1.32 bits per heavy atom. The lowest BCUT2D eigenvalue weighted by molar-refractivity contribution is 0.342. The van der Waals surface area contributed by atoms with E-state index in [9.17, 15) is 8.42 Å². The van der Waals surface area contributed by atoms with Crippen molar-refractivity contribution in [1.29, 1.82) is 0 Å². The van der Waals surface area contributed by atoms with Gasteiger partial charge < -0.3 is 5.73 Å². The summed E-state index contributed by atoms with van der Waals surface area (Å²) in [6.45, 7) is 8.51. The van der Waals surface area contributed by atoms with Crippen molar-refractivity contribution < 1.29 is 8.42 Å². The SMILES string of the molecule is CCC(C)N(CC)S(=O)(=O)c1ccc(CN)cc1C.